The summed E-state index contributed by atoms with van der Waals surface area (Å²) in [6.45, 7) is 0. The van der Waals surface area contributed by atoms with E-state index in [2.05, 4.69) is 12.1 Å². The maximum absolute atomic E-state index is 12.3. The second-order valence-electron chi connectivity index (χ2n) is 5.34. The van der Waals surface area contributed by atoms with Crippen LogP contribution in [-0.2, 0) is 0 Å². The molecule has 15 heavy (non-hydrogen) atoms. The van der Waals surface area contributed by atoms with Crippen LogP contribution in [-0.4, -0.2) is 5.78 Å². The number of carbonyl (C=O) groups is 1. The van der Waals surface area contributed by atoms with E-state index in [-0.39, 0.29) is 0 Å². The topological polar surface area (TPSA) is 17.1 Å². The molecule has 1 aromatic carbocycles. The number of rotatable bonds is 0. The van der Waals surface area contributed by atoms with Crippen LogP contribution in [0.25, 0.3) is 0 Å². The molecule has 0 saturated heterocycles. The summed E-state index contributed by atoms with van der Waals surface area (Å²) < 4.78 is 0. The number of hydrogen-bond donors (Lipinski definition) is 0. The highest BCUT2D eigenvalue weighted by Gasteiger charge is 2.55. The van der Waals surface area contributed by atoms with Crippen molar-refractivity contribution in [2.24, 2.45) is 17.8 Å². The lowest BCUT2D eigenvalue weighted by molar-refractivity contribution is 0.0883. The fourth-order valence-electron chi connectivity index (χ4n) is 4.31. The highest BCUT2D eigenvalue weighted by molar-refractivity contribution is 6.03. The van der Waals surface area contributed by atoms with E-state index in [1.807, 2.05) is 12.1 Å². The van der Waals surface area contributed by atoms with Crippen LogP contribution in [0.15, 0.2) is 24.3 Å². The summed E-state index contributed by atoms with van der Waals surface area (Å²) in [6, 6.07) is 8.29. The monoisotopic (exact) mass is 198 g/mol. The van der Waals surface area contributed by atoms with Gasteiger partial charge in [0.2, 0.25) is 0 Å². The van der Waals surface area contributed by atoms with Gasteiger partial charge >= 0.3 is 0 Å². The van der Waals surface area contributed by atoms with Crippen LogP contribution in [0.3, 0.4) is 0 Å². The average Bonchev–Trinajstić information content (AvgIpc) is 2.92. The van der Waals surface area contributed by atoms with Gasteiger partial charge in [0.05, 0.1) is 0 Å². The Kier molecular flexibility index (Phi) is 1.36. The molecule has 1 nitrogen and oxygen atoms in total. The average molecular weight is 198 g/mol. The van der Waals surface area contributed by atoms with E-state index in [4.69, 9.17) is 0 Å². The van der Waals surface area contributed by atoms with Crippen molar-refractivity contribution >= 4 is 5.78 Å². The molecule has 0 heterocycles. The highest BCUT2D eigenvalue weighted by Crippen LogP contribution is 2.61. The van der Waals surface area contributed by atoms with Crippen molar-refractivity contribution in [3.8, 4) is 0 Å². The van der Waals surface area contributed by atoms with Gasteiger partial charge in [-0.25, -0.2) is 0 Å². The maximum atomic E-state index is 12.3. The molecule has 1 heteroatoms. The third-order valence-electron chi connectivity index (χ3n) is 4.80. The molecule has 2 fully saturated rings. The number of hydrogen-bond acceptors (Lipinski definition) is 1. The Hall–Kier alpha value is -1.11. The largest absolute Gasteiger partial charge is 0.294 e. The van der Waals surface area contributed by atoms with Gasteiger partial charge in [0.25, 0.3) is 0 Å². The molecule has 0 spiro atoms. The second-order valence-corrected chi connectivity index (χ2v) is 5.34. The summed E-state index contributed by atoms with van der Waals surface area (Å²) in [5, 5.41) is 0. The van der Waals surface area contributed by atoms with Gasteiger partial charge < -0.3 is 0 Å². The lowest BCUT2D eigenvalue weighted by Gasteiger charge is -2.23. The van der Waals surface area contributed by atoms with Crippen molar-refractivity contribution in [3.05, 3.63) is 35.4 Å². The quantitative estimate of drug-likeness (QED) is 0.626. The molecule has 0 aromatic heterocycles. The Morgan fingerprint density at radius 1 is 1.00 bits per heavy atom. The smallest absolute Gasteiger partial charge is 0.167 e. The number of benzene rings is 1. The first-order valence-electron chi connectivity index (χ1n) is 5.99. The molecule has 4 rings (SSSR count). The summed E-state index contributed by atoms with van der Waals surface area (Å²) >= 11 is 0. The molecule has 4 atom stereocenters. The van der Waals surface area contributed by atoms with Crippen molar-refractivity contribution in [3.63, 3.8) is 0 Å². The van der Waals surface area contributed by atoms with Gasteiger partial charge in [0.15, 0.2) is 5.78 Å². The molecular formula is C14H14O. The first-order valence-corrected chi connectivity index (χ1v) is 5.99. The van der Waals surface area contributed by atoms with Gasteiger partial charge in [0.1, 0.15) is 0 Å². The minimum Gasteiger partial charge on any atom is -0.294 e. The Morgan fingerprint density at radius 3 is 2.60 bits per heavy atom. The minimum atomic E-state index is 0.362. The summed E-state index contributed by atoms with van der Waals surface area (Å²) in [5.41, 5.74) is 2.39. The normalized spacial score (nSPS) is 40.7. The second kappa shape index (κ2) is 2.52. The predicted octanol–water partition coefficient (Wildman–Crippen LogP) is 3.01. The van der Waals surface area contributed by atoms with Crippen LogP contribution >= 0.6 is 0 Å². The number of fused-ring (bicyclic) bond motifs is 7. The van der Waals surface area contributed by atoms with Crippen LogP contribution in [0, 0.1) is 17.8 Å². The Labute approximate surface area is 89.5 Å². The van der Waals surface area contributed by atoms with Crippen molar-refractivity contribution in [2.45, 2.75) is 25.2 Å². The minimum absolute atomic E-state index is 0.362. The van der Waals surface area contributed by atoms with E-state index >= 15 is 0 Å². The van der Waals surface area contributed by atoms with E-state index in [1.54, 1.807) is 0 Å². The third kappa shape index (κ3) is 0.831. The zero-order valence-corrected chi connectivity index (χ0v) is 8.65. The SMILES string of the molecule is O=C1c2ccccc2[C@H]2[C@@H]3CC[C@@H](C3)[C@@H]12. The van der Waals surface area contributed by atoms with Crippen molar-refractivity contribution < 1.29 is 4.79 Å². The molecule has 2 saturated carbocycles. The fraction of sp³-hybridized carbons (Fsp3) is 0.500. The van der Waals surface area contributed by atoms with Crippen LogP contribution in [0.2, 0.25) is 0 Å². The van der Waals surface area contributed by atoms with E-state index in [0.29, 0.717) is 23.5 Å². The Bertz CT molecular complexity index is 448. The maximum Gasteiger partial charge on any atom is 0.167 e. The predicted molar refractivity (Wildman–Crippen MR) is 57.8 cm³/mol. The molecule has 3 aliphatic rings. The fourth-order valence-corrected chi connectivity index (χ4v) is 4.31. The van der Waals surface area contributed by atoms with Gasteiger partial charge in [-0.05, 0) is 42.6 Å². The van der Waals surface area contributed by atoms with Crippen molar-refractivity contribution in [2.75, 3.05) is 0 Å². The van der Waals surface area contributed by atoms with Crippen LogP contribution < -0.4 is 0 Å². The summed E-state index contributed by atoms with van der Waals surface area (Å²) in [6.07, 6.45) is 3.97. The lowest BCUT2D eigenvalue weighted by Crippen LogP contribution is -2.20. The zero-order chi connectivity index (χ0) is 9.99. The summed E-state index contributed by atoms with van der Waals surface area (Å²) in [4.78, 5) is 12.3. The zero-order valence-electron chi connectivity index (χ0n) is 8.65. The summed E-state index contributed by atoms with van der Waals surface area (Å²) in [7, 11) is 0. The van der Waals surface area contributed by atoms with Crippen LogP contribution in [0.5, 0.6) is 0 Å². The molecule has 2 bridgehead atoms. The number of Topliss-reactive ketones (excluding diaryl/α,β-unsaturated/α-hetero) is 1. The number of ketones is 1. The molecular weight excluding hydrogens is 184 g/mol. The van der Waals surface area contributed by atoms with Crippen molar-refractivity contribution in [1.82, 2.24) is 0 Å². The molecule has 1 aromatic rings. The summed E-state index contributed by atoms with van der Waals surface area (Å²) in [5.74, 6) is 2.92. The van der Waals surface area contributed by atoms with Gasteiger partial charge in [-0.3, -0.25) is 4.79 Å². The molecule has 0 unspecified atom stereocenters. The molecule has 0 aliphatic heterocycles. The van der Waals surface area contributed by atoms with Gasteiger partial charge in [-0.1, -0.05) is 24.3 Å². The molecule has 0 amide bonds. The lowest BCUT2D eigenvalue weighted by atomic mass is 9.79. The Balaban J connectivity index is 1.93. The van der Waals surface area contributed by atoms with Gasteiger partial charge in [-0.15, -0.1) is 0 Å². The molecule has 0 radical (unpaired) electrons. The van der Waals surface area contributed by atoms with E-state index < -0.39 is 0 Å². The molecule has 3 aliphatic carbocycles. The van der Waals surface area contributed by atoms with E-state index in [9.17, 15) is 4.79 Å². The highest BCUT2D eigenvalue weighted by atomic mass is 16.1. The standard InChI is InChI=1S/C14H14O/c15-14-11-4-2-1-3-10(11)12-8-5-6-9(7-8)13(12)14/h1-4,8-9,12-13H,5-7H2/t8-,9+,12-,13-/m1/s1. The van der Waals surface area contributed by atoms with Crippen LogP contribution in [0.4, 0.5) is 0 Å². The van der Waals surface area contributed by atoms with Gasteiger partial charge in [0, 0.05) is 11.5 Å². The third-order valence-corrected chi connectivity index (χ3v) is 4.80. The number of carbonyl (C=O) groups excluding carboxylic acids is 1. The van der Waals surface area contributed by atoms with E-state index in [1.165, 1.54) is 24.8 Å². The van der Waals surface area contributed by atoms with Crippen LogP contribution in [0.1, 0.15) is 41.1 Å². The van der Waals surface area contributed by atoms with Crippen molar-refractivity contribution in [1.29, 1.82) is 0 Å². The van der Waals surface area contributed by atoms with E-state index in [0.717, 1.165) is 11.5 Å². The van der Waals surface area contributed by atoms with Gasteiger partial charge in [-0.2, -0.15) is 0 Å². The molecule has 76 valence electrons. The molecule has 0 N–H and O–H groups in total. The first kappa shape index (κ1) is 8.09. The Morgan fingerprint density at radius 2 is 1.73 bits per heavy atom. The first-order chi connectivity index (χ1) is 7.36.